The van der Waals surface area contributed by atoms with Gasteiger partial charge in [-0.15, -0.1) is 0 Å². The highest BCUT2D eigenvalue weighted by Gasteiger charge is 2.24. The Kier molecular flexibility index (Phi) is 5.53. The number of aliphatic hydroxyl groups excluding tert-OH is 1. The number of hydrogen-bond acceptors (Lipinski definition) is 4. The molecule has 0 aromatic heterocycles. The smallest absolute Gasteiger partial charge is 0.339 e. The van der Waals surface area contributed by atoms with Crippen LogP contribution in [0.3, 0.4) is 0 Å². The third-order valence-electron chi connectivity index (χ3n) is 2.25. The summed E-state index contributed by atoms with van der Waals surface area (Å²) in [6.07, 6.45) is -1.70. The summed E-state index contributed by atoms with van der Waals surface area (Å²) in [6, 6.07) is 2.57. The van der Waals surface area contributed by atoms with Gasteiger partial charge in [0.15, 0.2) is 6.10 Å². The molecule has 1 aromatic carbocycles. The molecule has 100 valence electrons. The summed E-state index contributed by atoms with van der Waals surface area (Å²) < 4.78 is 23.4. The lowest BCUT2D eigenvalue weighted by Gasteiger charge is -2.13. The largest absolute Gasteiger partial charge is 0.464 e. The van der Waals surface area contributed by atoms with Gasteiger partial charge in [-0.1, -0.05) is 11.6 Å². The Labute approximate surface area is 109 Å². The van der Waals surface area contributed by atoms with Crippen molar-refractivity contribution in [2.75, 3.05) is 13.7 Å². The van der Waals surface area contributed by atoms with Gasteiger partial charge in [-0.25, -0.2) is 9.18 Å². The molecule has 4 nitrogen and oxygen atoms in total. The summed E-state index contributed by atoms with van der Waals surface area (Å²) in [6.45, 7) is 1.69. The van der Waals surface area contributed by atoms with E-state index in [0.29, 0.717) is 0 Å². The van der Waals surface area contributed by atoms with E-state index in [9.17, 15) is 14.3 Å². The Morgan fingerprint density at radius 1 is 1.56 bits per heavy atom. The molecule has 0 fully saturated rings. The van der Waals surface area contributed by atoms with Crippen molar-refractivity contribution in [1.29, 1.82) is 0 Å². The minimum atomic E-state index is -1.70. The molecule has 1 N–H and O–H groups in total. The second kappa shape index (κ2) is 6.68. The van der Waals surface area contributed by atoms with Crippen LogP contribution >= 0.6 is 11.6 Å². The molecule has 0 aliphatic rings. The first-order valence-electron chi connectivity index (χ1n) is 5.32. The molecule has 18 heavy (non-hydrogen) atoms. The van der Waals surface area contributed by atoms with E-state index in [1.54, 1.807) is 6.92 Å². The quantitative estimate of drug-likeness (QED) is 0.838. The van der Waals surface area contributed by atoms with Crippen LogP contribution in [0.4, 0.5) is 4.39 Å². The van der Waals surface area contributed by atoms with Gasteiger partial charge in [0.1, 0.15) is 5.82 Å². The zero-order chi connectivity index (χ0) is 13.7. The lowest BCUT2D eigenvalue weighted by atomic mass is 10.0. The summed E-state index contributed by atoms with van der Waals surface area (Å²) in [5.74, 6) is -1.64. The molecule has 1 unspecified atom stereocenters. The molecule has 0 saturated heterocycles. The predicted octanol–water partition coefficient (Wildman–Crippen LogP) is 2.22. The van der Waals surface area contributed by atoms with Crippen LogP contribution in [0.5, 0.6) is 0 Å². The van der Waals surface area contributed by atoms with E-state index in [0.717, 1.165) is 0 Å². The number of esters is 1. The molecule has 0 saturated carbocycles. The van der Waals surface area contributed by atoms with Crippen molar-refractivity contribution in [3.8, 4) is 0 Å². The molecule has 0 spiro atoms. The van der Waals surface area contributed by atoms with E-state index in [-0.39, 0.29) is 29.4 Å². The molecular formula is C12H14ClFO4. The maximum Gasteiger partial charge on any atom is 0.339 e. The Bertz CT molecular complexity index is 436. The Balaban J connectivity index is 3.11. The van der Waals surface area contributed by atoms with Crippen molar-refractivity contribution >= 4 is 17.6 Å². The van der Waals surface area contributed by atoms with Gasteiger partial charge in [0, 0.05) is 23.3 Å². The van der Waals surface area contributed by atoms with Gasteiger partial charge in [-0.2, -0.15) is 0 Å². The first-order chi connectivity index (χ1) is 8.51. The monoisotopic (exact) mass is 276 g/mol. The van der Waals surface area contributed by atoms with Crippen LogP contribution < -0.4 is 0 Å². The fraction of sp³-hybridized carbons (Fsp3) is 0.417. The number of halogens is 2. The topological polar surface area (TPSA) is 55.8 Å². The fourth-order valence-corrected chi connectivity index (χ4v) is 1.73. The predicted molar refractivity (Wildman–Crippen MR) is 63.7 cm³/mol. The Morgan fingerprint density at radius 2 is 2.22 bits per heavy atom. The molecule has 0 bridgehead atoms. The highest BCUT2D eigenvalue weighted by molar-refractivity contribution is 6.30. The van der Waals surface area contributed by atoms with Crippen LogP contribution in [0.2, 0.25) is 5.02 Å². The van der Waals surface area contributed by atoms with E-state index in [4.69, 9.17) is 16.3 Å². The molecule has 1 rings (SSSR count). The van der Waals surface area contributed by atoms with Crippen LogP contribution in [0.25, 0.3) is 0 Å². The lowest BCUT2D eigenvalue weighted by Crippen LogP contribution is -2.17. The average Bonchev–Trinajstić information content (AvgIpc) is 2.33. The minimum Gasteiger partial charge on any atom is -0.464 e. The van der Waals surface area contributed by atoms with Crippen molar-refractivity contribution in [3.63, 3.8) is 0 Å². The number of carbonyl (C=O) groups is 1. The summed E-state index contributed by atoms with van der Waals surface area (Å²) in [5, 5.41) is 9.91. The van der Waals surface area contributed by atoms with Gasteiger partial charge in [-0.05, 0) is 19.1 Å². The molecule has 0 aliphatic carbocycles. The molecule has 0 aliphatic heterocycles. The van der Waals surface area contributed by atoms with E-state index in [2.05, 4.69) is 4.74 Å². The van der Waals surface area contributed by atoms with Crippen molar-refractivity contribution < 1.29 is 23.8 Å². The Hall–Kier alpha value is -1.17. The van der Waals surface area contributed by atoms with Crippen LogP contribution in [0.1, 0.15) is 24.2 Å². The number of hydrogen-bond donors (Lipinski definition) is 1. The molecule has 0 radical (unpaired) electrons. The van der Waals surface area contributed by atoms with Crippen LogP contribution in [-0.2, 0) is 20.9 Å². The minimum absolute atomic E-state index is 0.00502. The summed E-state index contributed by atoms with van der Waals surface area (Å²) in [5.41, 5.74) is -0.0450. The number of benzene rings is 1. The van der Waals surface area contributed by atoms with Gasteiger partial charge < -0.3 is 14.6 Å². The first-order valence-corrected chi connectivity index (χ1v) is 5.70. The zero-order valence-electron chi connectivity index (χ0n) is 10.1. The highest BCUT2D eigenvalue weighted by atomic mass is 35.5. The third kappa shape index (κ3) is 3.41. The van der Waals surface area contributed by atoms with E-state index >= 15 is 0 Å². The van der Waals surface area contributed by atoms with Crippen molar-refractivity contribution in [2.24, 2.45) is 0 Å². The second-order valence-corrected chi connectivity index (χ2v) is 3.99. The SMILES string of the molecule is CCOC(=O)C(O)c1cc(Cl)cc(COC)c1F. The highest BCUT2D eigenvalue weighted by Crippen LogP contribution is 2.26. The molecule has 1 atom stereocenters. The van der Waals surface area contributed by atoms with E-state index < -0.39 is 17.9 Å². The zero-order valence-corrected chi connectivity index (χ0v) is 10.8. The molecule has 1 aromatic rings. The molecular weight excluding hydrogens is 263 g/mol. The summed E-state index contributed by atoms with van der Waals surface area (Å²) >= 11 is 5.80. The van der Waals surface area contributed by atoms with Crippen LogP contribution in [-0.4, -0.2) is 24.8 Å². The lowest BCUT2D eigenvalue weighted by molar-refractivity contribution is -0.153. The number of aliphatic hydroxyl groups is 1. The number of rotatable bonds is 5. The fourth-order valence-electron chi connectivity index (χ4n) is 1.48. The van der Waals surface area contributed by atoms with Crippen molar-refractivity contribution in [2.45, 2.75) is 19.6 Å². The Morgan fingerprint density at radius 3 is 2.78 bits per heavy atom. The van der Waals surface area contributed by atoms with Gasteiger partial charge in [0.2, 0.25) is 0 Å². The van der Waals surface area contributed by atoms with Crippen LogP contribution in [0, 0.1) is 5.82 Å². The van der Waals surface area contributed by atoms with E-state index in [1.807, 2.05) is 0 Å². The molecule has 0 amide bonds. The molecule has 0 heterocycles. The average molecular weight is 277 g/mol. The van der Waals surface area contributed by atoms with Gasteiger partial charge >= 0.3 is 5.97 Å². The van der Waals surface area contributed by atoms with Crippen molar-refractivity contribution in [3.05, 3.63) is 34.1 Å². The van der Waals surface area contributed by atoms with Gasteiger partial charge in [0.05, 0.1) is 13.2 Å². The van der Waals surface area contributed by atoms with Gasteiger partial charge in [-0.3, -0.25) is 0 Å². The standard InChI is InChI=1S/C12H14ClFO4/c1-3-18-12(16)11(15)9-5-8(13)4-7(6-17-2)10(9)14/h4-5,11,15H,3,6H2,1-2H3. The van der Waals surface area contributed by atoms with Crippen LogP contribution in [0.15, 0.2) is 12.1 Å². The maximum absolute atomic E-state index is 14.0. The third-order valence-corrected chi connectivity index (χ3v) is 2.46. The summed E-state index contributed by atoms with van der Waals surface area (Å²) in [7, 11) is 1.40. The number of methoxy groups -OCH3 is 1. The first kappa shape index (κ1) is 14.9. The normalized spacial score (nSPS) is 12.3. The second-order valence-electron chi connectivity index (χ2n) is 3.56. The number of ether oxygens (including phenoxy) is 2. The molecule has 6 heteroatoms. The van der Waals surface area contributed by atoms with Gasteiger partial charge in [0.25, 0.3) is 0 Å². The maximum atomic E-state index is 14.0. The van der Waals surface area contributed by atoms with Crippen molar-refractivity contribution in [1.82, 2.24) is 0 Å². The van der Waals surface area contributed by atoms with E-state index in [1.165, 1.54) is 19.2 Å². The number of carbonyl (C=O) groups excluding carboxylic acids is 1. The summed E-state index contributed by atoms with van der Waals surface area (Å²) in [4.78, 5) is 11.4.